The van der Waals surface area contributed by atoms with Gasteiger partial charge in [-0.05, 0) is 30.5 Å². The molecule has 0 bridgehead atoms. The molecule has 2 aromatic rings. The summed E-state index contributed by atoms with van der Waals surface area (Å²) in [5, 5.41) is 10.4. The van der Waals surface area contributed by atoms with Gasteiger partial charge in [0, 0.05) is 12.1 Å². The highest BCUT2D eigenvalue weighted by molar-refractivity contribution is 5.42. The Hall–Kier alpha value is -1.94. The molecule has 0 heterocycles. The fourth-order valence-corrected chi connectivity index (χ4v) is 2.34. The number of hydrogen-bond acceptors (Lipinski definition) is 2. The standard InChI is InChI=1S/C16H16F2O2/c1-9-5-4-6-10(2)14(9)16(19)15-12(17)7-11(20-3)8-13(15)18/h4-8,16,19H,1-3H3. The van der Waals surface area contributed by atoms with Crippen molar-refractivity contribution in [3.8, 4) is 5.75 Å². The lowest BCUT2D eigenvalue weighted by atomic mass is 9.93. The van der Waals surface area contributed by atoms with Crippen molar-refractivity contribution in [3.05, 3.63) is 64.2 Å². The quantitative estimate of drug-likeness (QED) is 0.928. The number of rotatable bonds is 3. The minimum atomic E-state index is -1.35. The maximum absolute atomic E-state index is 14.0. The number of hydrogen-bond donors (Lipinski definition) is 1. The van der Waals surface area contributed by atoms with Crippen molar-refractivity contribution in [2.24, 2.45) is 0 Å². The average molecular weight is 278 g/mol. The van der Waals surface area contributed by atoms with Crippen LogP contribution in [0.5, 0.6) is 5.75 Å². The Morgan fingerprint density at radius 1 is 1.00 bits per heavy atom. The first kappa shape index (κ1) is 14.5. The van der Waals surface area contributed by atoms with Crippen molar-refractivity contribution in [1.29, 1.82) is 0 Å². The van der Waals surface area contributed by atoms with Gasteiger partial charge in [-0.25, -0.2) is 8.78 Å². The molecular weight excluding hydrogens is 262 g/mol. The second-order valence-electron chi connectivity index (χ2n) is 4.71. The van der Waals surface area contributed by atoms with E-state index in [2.05, 4.69) is 0 Å². The highest BCUT2D eigenvalue weighted by Crippen LogP contribution is 2.32. The molecule has 2 nitrogen and oxygen atoms in total. The van der Waals surface area contributed by atoms with E-state index in [-0.39, 0.29) is 11.3 Å². The third kappa shape index (κ3) is 2.51. The van der Waals surface area contributed by atoms with Gasteiger partial charge in [-0.15, -0.1) is 0 Å². The first-order valence-electron chi connectivity index (χ1n) is 6.22. The van der Waals surface area contributed by atoms with Crippen LogP contribution in [0.15, 0.2) is 30.3 Å². The molecule has 0 radical (unpaired) electrons. The van der Waals surface area contributed by atoms with Crippen LogP contribution in [0.3, 0.4) is 0 Å². The van der Waals surface area contributed by atoms with Gasteiger partial charge in [0.25, 0.3) is 0 Å². The minimum absolute atomic E-state index is 0.0810. The number of aliphatic hydroxyl groups excluding tert-OH is 1. The molecule has 1 unspecified atom stereocenters. The molecule has 0 aliphatic carbocycles. The van der Waals surface area contributed by atoms with Crippen molar-refractivity contribution in [3.63, 3.8) is 0 Å². The van der Waals surface area contributed by atoms with Crippen molar-refractivity contribution in [1.82, 2.24) is 0 Å². The lowest BCUT2D eigenvalue weighted by Gasteiger charge is -2.18. The van der Waals surface area contributed by atoms with E-state index >= 15 is 0 Å². The van der Waals surface area contributed by atoms with Gasteiger partial charge in [-0.3, -0.25) is 0 Å². The third-order valence-corrected chi connectivity index (χ3v) is 3.38. The Kier molecular flexibility index (Phi) is 4.04. The summed E-state index contributed by atoms with van der Waals surface area (Å²) in [7, 11) is 1.33. The summed E-state index contributed by atoms with van der Waals surface area (Å²) in [6.45, 7) is 3.59. The van der Waals surface area contributed by atoms with E-state index in [4.69, 9.17) is 4.74 Å². The van der Waals surface area contributed by atoms with E-state index in [9.17, 15) is 13.9 Å². The second-order valence-corrected chi connectivity index (χ2v) is 4.71. The van der Waals surface area contributed by atoms with Gasteiger partial charge in [0.15, 0.2) is 0 Å². The molecule has 0 saturated carbocycles. The molecule has 4 heteroatoms. The molecular formula is C16H16F2O2. The Bertz CT molecular complexity index is 595. The normalized spacial score (nSPS) is 12.3. The lowest BCUT2D eigenvalue weighted by Crippen LogP contribution is -2.09. The monoisotopic (exact) mass is 278 g/mol. The Morgan fingerprint density at radius 2 is 1.50 bits per heavy atom. The molecule has 2 rings (SSSR count). The molecule has 0 aliphatic rings. The maximum atomic E-state index is 14.0. The summed E-state index contributed by atoms with van der Waals surface area (Å²) in [5.41, 5.74) is 1.73. The summed E-state index contributed by atoms with van der Waals surface area (Å²) in [6, 6.07) is 7.56. The highest BCUT2D eigenvalue weighted by Gasteiger charge is 2.23. The van der Waals surface area contributed by atoms with Gasteiger partial charge in [-0.1, -0.05) is 18.2 Å². The zero-order chi connectivity index (χ0) is 14.9. The second kappa shape index (κ2) is 5.59. The summed E-state index contributed by atoms with van der Waals surface area (Å²) in [6.07, 6.45) is -1.35. The summed E-state index contributed by atoms with van der Waals surface area (Å²) < 4.78 is 32.8. The van der Waals surface area contributed by atoms with Crippen LogP contribution in [0.25, 0.3) is 0 Å². The Labute approximate surface area is 116 Å². The Morgan fingerprint density at radius 3 is 1.95 bits per heavy atom. The predicted octanol–water partition coefficient (Wildman–Crippen LogP) is 3.67. The molecule has 0 aliphatic heterocycles. The maximum Gasteiger partial charge on any atom is 0.135 e. The largest absolute Gasteiger partial charge is 0.497 e. The first-order valence-corrected chi connectivity index (χ1v) is 6.22. The topological polar surface area (TPSA) is 29.5 Å². The molecule has 1 atom stereocenters. The lowest BCUT2D eigenvalue weighted by molar-refractivity contribution is 0.207. The number of methoxy groups -OCH3 is 1. The van der Waals surface area contributed by atoms with Gasteiger partial charge < -0.3 is 9.84 Å². The number of halogens is 2. The average Bonchev–Trinajstić information content (AvgIpc) is 2.37. The van der Waals surface area contributed by atoms with Gasteiger partial charge in [0.1, 0.15) is 23.5 Å². The highest BCUT2D eigenvalue weighted by atomic mass is 19.1. The van der Waals surface area contributed by atoms with Crippen molar-refractivity contribution < 1.29 is 18.6 Å². The SMILES string of the molecule is COc1cc(F)c(C(O)c2c(C)cccc2C)c(F)c1. The van der Waals surface area contributed by atoms with Gasteiger partial charge >= 0.3 is 0 Å². The number of aliphatic hydroxyl groups is 1. The molecule has 0 spiro atoms. The molecule has 2 aromatic carbocycles. The van der Waals surface area contributed by atoms with Crippen LogP contribution in [0, 0.1) is 25.5 Å². The fraction of sp³-hybridized carbons (Fsp3) is 0.250. The van der Waals surface area contributed by atoms with Crippen molar-refractivity contribution in [2.45, 2.75) is 20.0 Å². The molecule has 106 valence electrons. The summed E-state index contributed by atoms with van der Waals surface area (Å²) >= 11 is 0. The van der Waals surface area contributed by atoms with Crippen LogP contribution in [0.1, 0.15) is 28.4 Å². The molecule has 0 fully saturated rings. The first-order chi connectivity index (χ1) is 9.45. The van der Waals surface area contributed by atoms with E-state index in [1.54, 1.807) is 26.0 Å². The number of benzene rings is 2. The molecule has 0 amide bonds. The van der Waals surface area contributed by atoms with E-state index in [0.717, 1.165) is 23.3 Å². The molecule has 20 heavy (non-hydrogen) atoms. The third-order valence-electron chi connectivity index (χ3n) is 3.38. The summed E-state index contributed by atoms with van der Waals surface area (Å²) in [4.78, 5) is 0. The number of ether oxygens (including phenoxy) is 1. The fourth-order valence-electron chi connectivity index (χ4n) is 2.34. The zero-order valence-electron chi connectivity index (χ0n) is 11.6. The smallest absolute Gasteiger partial charge is 0.135 e. The van der Waals surface area contributed by atoms with Crippen LogP contribution < -0.4 is 4.74 Å². The molecule has 0 saturated heterocycles. The van der Waals surface area contributed by atoms with Gasteiger partial charge in [0.05, 0.1) is 12.7 Å². The zero-order valence-corrected chi connectivity index (χ0v) is 11.6. The van der Waals surface area contributed by atoms with Crippen LogP contribution in [-0.4, -0.2) is 12.2 Å². The van der Waals surface area contributed by atoms with E-state index < -0.39 is 17.7 Å². The summed E-state index contributed by atoms with van der Waals surface area (Å²) in [5.74, 6) is -1.56. The van der Waals surface area contributed by atoms with E-state index in [1.807, 2.05) is 6.07 Å². The van der Waals surface area contributed by atoms with Crippen LogP contribution >= 0.6 is 0 Å². The van der Waals surface area contributed by atoms with Crippen LogP contribution in [0.4, 0.5) is 8.78 Å². The van der Waals surface area contributed by atoms with E-state index in [0.29, 0.717) is 5.56 Å². The predicted molar refractivity (Wildman–Crippen MR) is 72.9 cm³/mol. The van der Waals surface area contributed by atoms with Crippen molar-refractivity contribution >= 4 is 0 Å². The van der Waals surface area contributed by atoms with Crippen molar-refractivity contribution in [2.75, 3.05) is 7.11 Å². The van der Waals surface area contributed by atoms with Gasteiger partial charge in [0.2, 0.25) is 0 Å². The van der Waals surface area contributed by atoms with Gasteiger partial charge in [-0.2, -0.15) is 0 Å². The Balaban J connectivity index is 2.57. The minimum Gasteiger partial charge on any atom is -0.497 e. The molecule has 0 aromatic heterocycles. The van der Waals surface area contributed by atoms with Crippen LogP contribution in [-0.2, 0) is 0 Å². The van der Waals surface area contributed by atoms with E-state index in [1.165, 1.54) is 7.11 Å². The van der Waals surface area contributed by atoms with Crippen LogP contribution in [0.2, 0.25) is 0 Å². The molecule has 1 N–H and O–H groups in total. The number of aryl methyl sites for hydroxylation is 2.